The highest BCUT2D eigenvalue weighted by Gasteiger charge is 2.33. The lowest BCUT2D eigenvalue weighted by atomic mass is 9.97. The first-order chi connectivity index (χ1) is 14.0. The molecule has 1 saturated heterocycles. The zero-order chi connectivity index (χ0) is 22.1. The second kappa shape index (κ2) is 8.81. The predicted molar refractivity (Wildman–Crippen MR) is 114 cm³/mol. The van der Waals surface area contributed by atoms with E-state index in [0.29, 0.717) is 18.5 Å². The van der Waals surface area contributed by atoms with E-state index in [2.05, 4.69) is 5.32 Å². The third kappa shape index (κ3) is 5.13. The lowest BCUT2D eigenvalue weighted by Gasteiger charge is -2.30. The largest absolute Gasteiger partial charge is 0.326 e. The summed E-state index contributed by atoms with van der Waals surface area (Å²) in [5.74, 6) is -0.652. The molecule has 1 fully saturated rings. The fraction of sp³-hybridized carbons (Fsp3) is 0.278. The summed E-state index contributed by atoms with van der Waals surface area (Å²) in [5.41, 5.74) is 0.424. The summed E-state index contributed by atoms with van der Waals surface area (Å²) in [6, 6.07) is 9.73. The van der Waals surface area contributed by atoms with E-state index < -0.39 is 20.0 Å². The summed E-state index contributed by atoms with van der Waals surface area (Å²) in [6.45, 7) is 0.321. The van der Waals surface area contributed by atoms with Gasteiger partial charge in [-0.1, -0.05) is 23.2 Å². The number of sulfonamides is 2. The molecule has 0 spiro atoms. The standard InChI is InChI=1S/C18H19Cl2N3O5S2/c19-13-1-6-16(20)17(11-13)30(27,28)23-9-7-12(8-10-23)18(24)22-14-2-4-15(5-3-14)29(21,25)26/h1-6,11-12H,7-10H2,(H,22,24)(H2,21,25,26). The molecule has 0 aromatic heterocycles. The number of nitrogens with zero attached hydrogens (tertiary/aromatic N) is 1. The van der Waals surface area contributed by atoms with E-state index in [0.717, 1.165) is 0 Å². The molecule has 0 bridgehead atoms. The van der Waals surface area contributed by atoms with Crippen LogP contribution >= 0.6 is 23.2 Å². The Labute approximate surface area is 185 Å². The number of benzene rings is 2. The number of carbonyl (C=O) groups excluding carboxylic acids is 1. The molecule has 1 heterocycles. The molecule has 162 valence electrons. The van der Waals surface area contributed by atoms with E-state index in [1.54, 1.807) is 0 Å². The highest BCUT2D eigenvalue weighted by molar-refractivity contribution is 7.89. The van der Waals surface area contributed by atoms with Crippen molar-refractivity contribution >= 4 is 54.8 Å². The number of nitrogens with two attached hydrogens (primary N) is 1. The molecule has 3 rings (SSSR count). The molecule has 3 N–H and O–H groups in total. The quantitative estimate of drug-likeness (QED) is 0.664. The molecule has 1 aliphatic heterocycles. The molecule has 2 aromatic carbocycles. The number of primary sulfonamides is 1. The second-order valence-electron chi connectivity index (χ2n) is 6.81. The Morgan fingerprint density at radius 1 is 1.00 bits per heavy atom. The van der Waals surface area contributed by atoms with Crippen molar-refractivity contribution in [3.05, 3.63) is 52.5 Å². The van der Waals surface area contributed by atoms with Crippen molar-refractivity contribution in [2.45, 2.75) is 22.6 Å². The van der Waals surface area contributed by atoms with Crippen LogP contribution in [0.25, 0.3) is 0 Å². The Morgan fingerprint density at radius 3 is 2.17 bits per heavy atom. The normalized spacial score (nSPS) is 16.4. The fourth-order valence-corrected chi connectivity index (χ4v) is 5.87. The van der Waals surface area contributed by atoms with Crippen molar-refractivity contribution in [1.29, 1.82) is 0 Å². The Bertz CT molecular complexity index is 1160. The number of nitrogens with one attached hydrogen (secondary N) is 1. The van der Waals surface area contributed by atoms with Gasteiger partial charge in [-0.15, -0.1) is 0 Å². The minimum atomic E-state index is -3.83. The van der Waals surface area contributed by atoms with E-state index in [1.807, 2.05) is 0 Å². The van der Waals surface area contributed by atoms with Crippen molar-refractivity contribution in [3.8, 4) is 0 Å². The third-order valence-electron chi connectivity index (χ3n) is 4.79. The highest BCUT2D eigenvalue weighted by atomic mass is 35.5. The van der Waals surface area contributed by atoms with Crippen molar-refractivity contribution in [1.82, 2.24) is 4.31 Å². The summed E-state index contributed by atoms with van der Waals surface area (Å²) in [7, 11) is -7.64. The molecule has 30 heavy (non-hydrogen) atoms. The van der Waals surface area contributed by atoms with Crippen LogP contribution in [-0.4, -0.2) is 40.1 Å². The van der Waals surface area contributed by atoms with Crippen LogP contribution in [0.5, 0.6) is 0 Å². The van der Waals surface area contributed by atoms with Gasteiger partial charge < -0.3 is 5.32 Å². The lowest BCUT2D eigenvalue weighted by molar-refractivity contribution is -0.120. The van der Waals surface area contributed by atoms with Crippen molar-refractivity contribution in [3.63, 3.8) is 0 Å². The Balaban J connectivity index is 1.63. The molecule has 8 nitrogen and oxygen atoms in total. The predicted octanol–water partition coefficient (Wildman–Crippen LogP) is 2.68. The Morgan fingerprint density at radius 2 is 1.60 bits per heavy atom. The molecule has 0 saturated carbocycles. The highest BCUT2D eigenvalue weighted by Crippen LogP contribution is 2.30. The van der Waals surface area contributed by atoms with Crippen molar-refractivity contribution in [2.75, 3.05) is 18.4 Å². The van der Waals surface area contributed by atoms with Gasteiger partial charge in [0.1, 0.15) is 4.90 Å². The summed E-state index contributed by atoms with van der Waals surface area (Å²) < 4.78 is 49.6. The Hall–Kier alpha value is -1.69. The molecule has 0 atom stereocenters. The third-order valence-corrected chi connectivity index (χ3v) is 8.33. The van der Waals surface area contributed by atoms with E-state index in [-0.39, 0.29) is 44.8 Å². The summed E-state index contributed by atoms with van der Waals surface area (Å²) in [6.07, 6.45) is 0.664. The van der Waals surface area contributed by atoms with Crippen LogP contribution < -0.4 is 10.5 Å². The van der Waals surface area contributed by atoms with Gasteiger partial charge in [0.25, 0.3) is 0 Å². The van der Waals surface area contributed by atoms with Gasteiger partial charge in [-0.3, -0.25) is 4.79 Å². The maximum absolute atomic E-state index is 12.9. The SMILES string of the molecule is NS(=O)(=O)c1ccc(NC(=O)C2CCN(S(=O)(=O)c3cc(Cl)ccc3Cl)CC2)cc1. The van der Waals surface area contributed by atoms with Crippen molar-refractivity contribution in [2.24, 2.45) is 11.1 Å². The minimum absolute atomic E-state index is 0.0568. The average Bonchev–Trinajstić information content (AvgIpc) is 2.69. The van der Waals surface area contributed by atoms with Gasteiger partial charge in [0.2, 0.25) is 26.0 Å². The summed E-state index contributed by atoms with van der Waals surface area (Å²) >= 11 is 11.9. The molecule has 0 unspecified atom stereocenters. The number of hydrogen-bond donors (Lipinski definition) is 2. The minimum Gasteiger partial charge on any atom is -0.326 e. The Kier molecular flexibility index (Phi) is 6.75. The number of hydrogen-bond acceptors (Lipinski definition) is 5. The second-order valence-corrected chi connectivity index (χ2v) is 11.1. The van der Waals surface area contributed by atoms with Gasteiger partial charge in [0, 0.05) is 29.7 Å². The number of halogens is 2. The first kappa shape index (κ1) is 23.0. The molecule has 2 aromatic rings. The number of rotatable bonds is 5. The van der Waals surface area contributed by atoms with Gasteiger partial charge in [-0.25, -0.2) is 22.0 Å². The zero-order valence-electron chi connectivity index (χ0n) is 15.6. The van der Waals surface area contributed by atoms with Gasteiger partial charge in [0.05, 0.1) is 9.92 Å². The van der Waals surface area contributed by atoms with E-state index >= 15 is 0 Å². The fourth-order valence-electron chi connectivity index (χ4n) is 3.14. The maximum Gasteiger partial charge on any atom is 0.244 e. The van der Waals surface area contributed by atoms with Gasteiger partial charge in [-0.05, 0) is 55.3 Å². The maximum atomic E-state index is 12.9. The van der Waals surface area contributed by atoms with Crippen LogP contribution in [-0.2, 0) is 24.8 Å². The van der Waals surface area contributed by atoms with E-state index in [4.69, 9.17) is 28.3 Å². The zero-order valence-corrected chi connectivity index (χ0v) is 18.7. The van der Waals surface area contributed by atoms with Crippen LogP contribution in [0.2, 0.25) is 10.0 Å². The van der Waals surface area contributed by atoms with Crippen LogP contribution in [0.3, 0.4) is 0 Å². The van der Waals surface area contributed by atoms with Crippen LogP contribution in [0, 0.1) is 5.92 Å². The molecule has 0 radical (unpaired) electrons. The molecule has 0 aliphatic carbocycles. The monoisotopic (exact) mass is 491 g/mol. The van der Waals surface area contributed by atoms with Crippen LogP contribution in [0.4, 0.5) is 5.69 Å². The summed E-state index contributed by atoms with van der Waals surface area (Å²) in [4.78, 5) is 12.4. The average molecular weight is 492 g/mol. The molecule has 1 aliphatic rings. The molecular formula is C18H19Cl2N3O5S2. The van der Waals surface area contributed by atoms with Gasteiger partial charge in [-0.2, -0.15) is 4.31 Å². The number of anilines is 1. The van der Waals surface area contributed by atoms with Crippen LogP contribution in [0.15, 0.2) is 52.3 Å². The first-order valence-electron chi connectivity index (χ1n) is 8.87. The number of amides is 1. The van der Waals surface area contributed by atoms with Crippen molar-refractivity contribution < 1.29 is 21.6 Å². The first-order valence-corrected chi connectivity index (χ1v) is 12.6. The molecule has 12 heteroatoms. The van der Waals surface area contributed by atoms with Gasteiger partial charge >= 0.3 is 0 Å². The topological polar surface area (TPSA) is 127 Å². The lowest BCUT2D eigenvalue weighted by Crippen LogP contribution is -2.41. The molecular weight excluding hydrogens is 473 g/mol. The molecule has 1 amide bonds. The number of piperidine rings is 1. The smallest absolute Gasteiger partial charge is 0.244 e. The van der Waals surface area contributed by atoms with E-state index in [9.17, 15) is 21.6 Å². The van der Waals surface area contributed by atoms with Gasteiger partial charge in [0.15, 0.2) is 0 Å². The number of carbonyl (C=O) groups is 1. The van der Waals surface area contributed by atoms with E-state index in [1.165, 1.54) is 46.8 Å². The van der Waals surface area contributed by atoms with Crippen LogP contribution in [0.1, 0.15) is 12.8 Å². The summed E-state index contributed by atoms with van der Waals surface area (Å²) in [5, 5.41) is 8.11.